The average Bonchev–Trinajstić information content (AvgIpc) is 3.24. The lowest BCUT2D eigenvalue weighted by atomic mass is 9.94. The Balaban J connectivity index is 1.16. The summed E-state index contributed by atoms with van der Waals surface area (Å²) in [6.45, 7) is 0.624. The highest BCUT2D eigenvalue weighted by molar-refractivity contribution is 6.20. The van der Waals surface area contributed by atoms with E-state index in [1.807, 2.05) is 42.5 Å². The summed E-state index contributed by atoms with van der Waals surface area (Å²) < 4.78 is 16.3. The Kier molecular flexibility index (Phi) is 8.07. The van der Waals surface area contributed by atoms with E-state index in [1.54, 1.807) is 30.3 Å². The number of nitrogens with zero attached hydrogens (tertiary/aromatic N) is 2. The molecule has 5 rings (SSSR count). The number of hydrogen-bond acceptors (Lipinski definition) is 8. The predicted octanol–water partition coefficient (Wildman–Crippen LogP) is 3.92. The fourth-order valence-electron chi connectivity index (χ4n) is 4.68. The van der Waals surface area contributed by atoms with Gasteiger partial charge in [0.1, 0.15) is 18.4 Å². The van der Waals surface area contributed by atoms with Gasteiger partial charge >= 0.3 is 12.1 Å². The van der Waals surface area contributed by atoms with Crippen LogP contribution < -0.4 is 4.74 Å². The van der Waals surface area contributed by atoms with Crippen LogP contribution in [0.1, 0.15) is 43.8 Å². The summed E-state index contributed by atoms with van der Waals surface area (Å²) in [5.41, 5.74) is 3.22. The van der Waals surface area contributed by atoms with Crippen molar-refractivity contribution < 1.29 is 38.2 Å². The first kappa shape index (κ1) is 26.9. The molecule has 3 aromatic carbocycles. The molecule has 10 heteroatoms. The van der Waals surface area contributed by atoms with E-state index in [4.69, 9.17) is 19.0 Å². The number of fused-ring (bicyclic) bond motifs is 2. The number of esters is 1. The van der Waals surface area contributed by atoms with Crippen LogP contribution in [0.4, 0.5) is 4.79 Å². The van der Waals surface area contributed by atoms with Crippen LogP contribution in [-0.4, -0.2) is 60.2 Å². The van der Waals surface area contributed by atoms with Gasteiger partial charge in [-0.25, -0.2) is 9.59 Å². The van der Waals surface area contributed by atoms with Crippen molar-refractivity contribution in [2.45, 2.75) is 32.0 Å². The Morgan fingerprint density at radius 2 is 1.57 bits per heavy atom. The Morgan fingerprint density at radius 1 is 0.875 bits per heavy atom. The molecule has 0 saturated heterocycles. The molecule has 0 bridgehead atoms. The maximum Gasteiger partial charge on any atom is 0.411 e. The maximum absolute atomic E-state index is 13.0. The van der Waals surface area contributed by atoms with Gasteiger partial charge in [-0.15, -0.1) is 5.06 Å². The molecule has 0 fully saturated rings. The molecule has 0 radical (unpaired) electrons. The third-order valence-electron chi connectivity index (χ3n) is 6.76. The van der Waals surface area contributed by atoms with E-state index < -0.39 is 29.9 Å². The van der Waals surface area contributed by atoms with Gasteiger partial charge in [0, 0.05) is 12.8 Å². The predicted molar refractivity (Wildman–Crippen MR) is 141 cm³/mol. The zero-order valence-electron chi connectivity index (χ0n) is 21.9. The highest BCUT2D eigenvalue weighted by Gasteiger charge is 2.37. The summed E-state index contributed by atoms with van der Waals surface area (Å²) in [7, 11) is 1.29. The molecule has 2 aliphatic heterocycles. The molecule has 0 aromatic heterocycles. The SMILES string of the molecule is COC(=O)[C@@H]1Cc2ccc(OCCCON3C(=O)c4ccccc4C3=O)cc2CN1C(=O)OCc1ccccc1. The summed E-state index contributed by atoms with van der Waals surface area (Å²) in [4.78, 5) is 57.0. The number of imide groups is 1. The number of hydrogen-bond donors (Lipinski definition) is 0. The fraction of sp³-hybridized carbons (Fsp3) is 0.267. The first-order valence-electron chi connectivity index (χ1n) is 12.9. The zero-order valence-corrected chi connectivity index (χ0v) is 21.9. The fourth-order valence-corrected chi connectivity index (χ4v) is 4.68. The molecular formula is C30H28N2O8. The number of ether oxygens (including phenoxy) is 3. The van der Waals surface area contributed by atoms with Crippen LogP contribution >= 0.6 is 0 Å². The van der Waals surface area contributed by atoms with Crippen LogP contribution in [-0.2, 0) is 38.7 Å². The molecule has 1 atom stereocenters. The minimum atomic E-state index is -0.799. The van der Waals surface area contributed by atoms with Gasteiger partial charge in [0.25, 0.3) is 11.8 Å². The molecule has 40 heavy (non-hydrogen) atoms. The Labute approximate surface area is 230 Å². The van der Waals surface area contributed by atoms with E-state index in [0.29, 0.717) is 23.3 Å². The van der Waals surface area contributed by atoms with Gasteiger partial charge < -0.3 is 14.2 Å². The first-order valence-corrected chi connectivity index (χ1v) is 12.9. The van der Waals surface area contributed by atoms with Crippen molar-refractivity contribution in [2.24, 2.45) is 0 Å². The molecular weight excluding hydrogens is 516 g/mol. The summed E-state index contributed by atoms with van der Waals surface area (Å²) in [5, 5.41) is 0.784. The largest absolute Gasteiger partial charge is 0.493 e. The van der Waals surface area contributed by atoms with Gasteiger partial charge in [0.2, 0.25) is 0 Å². The third kappa shape index (κ3) is 5.67. The van der Waals surface area contributed by atoms with Crippen molar-refractivity contribution in [3.63, 3.8) is 0 Å². The lowest BCUT2D eigenvalue weighted by Gasteiger charge is -2.34. The standard InChI is InChI=1S/C30H28N2O8/c1-37-29(35)26-17-21-12-13-23(16-22(21)18-31(26)30(36)39-19-20-8-3-2-4-9-20)38-14-7-15-40-32-27(33)24-10-5-6-11-25(24)28(32)34/h2-6,8-13,16,26H,7,14-15,17-19H2,1H3/t26-/m0/s1. The van der Waals surface area contributed by atoms with Gasteiger partial charge in [0.15, 0.2) is 0 Å². The number of methoxy groups -OCH3 is 1. The molecule has 2 heterocycles. The first-order chi connectivity index (χ1) is 19.5. The number of amides is 3. The molecule has 0 N–H and O–H groups in total. The van der Waals surface area contributed by atoms with Crippen LogP contribution in [0.2, 0.25) is 0 Å². The molecule has 0 spiro atoms. The van der Waals surface area contributed by atoms with Crippen LogP contribution in [0.3, 0.4) is 0 Å². The molecule has 0 aliphatic carbocycles. The summed E-state index contributed by atoms with van der Waals surface area (Å²) in [6, 6.07) is 20.6. The van der Waals surface area contributed by atoms with Gasteiger partial charge in [-0.05, 0) is 41.0 Å². The summed E-state index contributed by atoms with van der Waals surface area (Å²) in [6.07, 6.45) is 0.102. The normalized spacial score (nSPS) is 15.9. The Morgan fingerprint density at radius 3 is 2.27 bits per heavy atom. The lowest BCUT2D eigenvalue weighted by Crippen LogP contribution is -2.49. The molecule has 3 amide bonds. The number of carbonyl (C=O) groups is 4. The second kappa shape index (κ2) is 12.0. The second-order valence-electron chi connectivity index (χ2n) is 9.33. The van der Waals surface area contributed by atoms with Crippen molar-refractivity contribution in [1.29, 1.82) is 0 Å². The van der Waals surface area contributed by atoms with E-state index in [9.17, 15) is 19.2 Å². The Hall–Kier alpha value is -4.70. The number of carbonyl (C=O) groups excluding carboxylic acids is 4. The van der Waals surface area contributed by atoms with Crippen molar-refractivity contribution in [3.05, 3.63) is 101 Å². The van der Waals surface area contributed by atoms with Gasteiger partial charge in [0.05, 0.1) is 38.0 Å². The third-order valence-corrected chi connectivity index (χ3v) is 6.76. The van der Waals surface area contributed by atoms with Crippen LogP contribution in [0.5, 0.6) is 5.75 Å². The van der Waals surface area contributed by atoms with E-state index in [-0.39, 0.29) is 32.8 Å². The van der Waals surface area contributed by atoms with Crippen molar-refractivity contribution in [3.8, 4) is 5.75 Å². The summed E-state index contributed by atoms with van der Waals surface area (Å²) >= 11 is 0. The summed E-state index contributed by atoms with van der Waals surface area (Å²) in [5.74, 6) is -0.893. The monoisotopic (exact) mass is 544 g/mol. The van der Waals surface area contributed by atoms with Gasteiger partial charge in [-0.3, -0.25) is 19.3 Å². The highest BCUT2D eigenvalue weighted by Crippen LogP contribution is 2.29. The molecule has 10 nitrogen and oxygen atoms in total. The quantitative estimate of drug-likeness (QED) is 0.226. The zero-order chi connectivity index (χ0) is 28.1. The van der Waals surface area contributed by atoms with Crippen LogP contribution in [0, 0.1) is 0 Å². The maximum atomic E-state index is 13.0. The van der Waals surface area contributed by atoms with E-state index in [2.05, 4.69) is 0 Å². The van der Waals surface area contributed by atoms with Gasteiger partial charge in [-0.1, -0.05) is 48.5 Å². The molecule has 3 aromatic rings. The topological polar surface area (TPSA) is 112 Å². The lowest BCUT2D eigenvalue weighted by molar-refractivity contribution is -0.147. The van der Waals surface area contributed by atoms with E-state index in [1.165, 1.54) is 12.0 Å². The van der Waals surface area contributed by atoms with Crippen LogP contribution in [0.15, 0.2) is 72.8 Å². The molecule has 0 saturated carbocycles. The smallest absolute Gasteiger partial charge is 0.411 e. The number of hydroxylamine groups is 2. The molecule has 2 aliphatic rings. The number of rotatable bonds is 9. The van der Waals surface area contributed by atoms with Crippen molar-refractivity contribution in [2.75, 3.05) is 20.3 Å². The van der Waals surface area contributed by atoms with Crippen LogP contribution in [0.25, 0.3) is 0 Å². The molecule has 0 unspecified atom stereocenters. The van der Waals surface area contributed by atoms with E-state index >= 15 is 0 Å². The average molecular weight is 545 g/mol. The van der Waals surface area contributed by atoms with Crippen molar-refractivity contribution in [1.82, 2.24) is 9.96 Å². The van der Waals surface area contributed by atoms with Crippen molar-refractivity contribution >= 4 is 23.9 Å². The van der Waals surface area contributed by atoms with Gasteiger partial charge in [-0.2, -0.15) is 0 Å². The molecule has 206 valence electrons. The second-order valence-corrected chi connectivity index (χ2v) is 9.33. The van der Waals surface area contributed by atoms with E-state index in [0.717, 1.165) is 21.8 Å². The Bertz CT molecular complexity index is 1390. The number of benzene rings is 3. The minimum Gasteiger partial charge on any atom is -0.493 e. The minimum absolute atomic E-state index is 0.0862. The highest BCUT2D eigenvalue weighted by atomic mass is 16.7.